The van der Waals surface area contributed by atoms with Crippen LogP contribution < -0.4 is 11.1 Å². The fourth-order valence-electron chi connectivity index (χ4n) is 3.75. The molecule has 3 rings (SSSR count). The van der Waals surface area contributed by atoms with Crippen molar-refractivity contribution in [3.05, 3.63) is 35.0 Å². The van der Waals surface area contributed by atoms with Crippen molar-refractivity contribution in [2.45, 2.75) is 70.4 Å². The van der Waals surface area contributed by atoms with Crippen molar-refractivity contribution in [3.8, 4) is 0 Å². The van der Waals surface area contributed by atoms with Crippen LogP contribution >= 0.6 is 0 Å². The van der Waals surface area contributed by atoms with Gasteiger partial charge in [0.2, 0.25) is 17.6 Å². The number of amides is 2. The van der Waals surface area contributed by atoms with Gasteiger partial charge in [0.05, 0.1) is 12.6 Å². The highest BCUT2D eigenvalue weighted by Gasteiger charge is 2.36. The zero-order valence-electron chi connectivity index (χ0n) is 18.1. The van der Waals surface area contributed by atoms with E-state index in [1.165, 1.54) is 16.4 Å². The summed E-state index contributed by atoms with van der Waals surface area (Å²) in [5.74, 6) is -6.73. The number of fused-ring (bicyclic) bond motifs is 1. The van der Waals surface area contributed by atoms with Crippen LogP contribution in [0.1, 0.15) is 44.8 Å². The first-order valence-electron chi connectivity index (χ1n) is 10.4. The van der Waals surface area contributed by atoms with Gasteiger partial charge >= 0.3 is 5.92 Å². The van der Waals surface area contributed by atoms with Crippen molar-refractivity contribution < 1.29 is 31.5 Å². The summed E-state index contributed by atoms with van der Waals surface area (Å²) in [5.41, 5.74) is 5.49. The second kappa shape index (κ2) is 9.57. The molecule has 0 radical (unpaired) electrons. The summed E-state index contributed by atoms with van der Waals surface area (Å²) in [6, 6.07) is -1.85. The van der Waals surface area contributed by atoms with Crippen molar-refractivity contribution in [3.63, 3.8) is 0 Å². The standard InChI is InChI=1S/C20H25F5N6O2/c1-10(26)18(33)27-12(5-11-6-14(22)15(23)8-13(11)21)7-17(32)30-3-4-31-16(9-30)28-29-19(31)20(2,24)25/h8,10,12,14H,3-7,9,26H2,1-2H3,(H,27,33). The van der Waals surface area contributed by atoms with Gasteiger partial charge in [-0.1, -0.05) is 0 Å². The molecule has 3 N–H and O–H groups in total. The predicted octanol–water partition coefficient (Wildman–Crippen LogP) is 2.16. The summed E-state index contributed by atoms with van der Waals surface area (Å²) in [7, 11) is 0. The van der Waals surface area contributed by atoms with Gasteiger partial charge < -0.3 is 20.5 Å². The van der Waals surface area contributed by atoms with E-state index in [1.807, 2.05) is 0 Å². The Bertz CT molecular complexity index is 984. The number of alkyl halides is 3. The lowest BCUT2D eigenvalue weighted by Crippen LogP contribution is -2.47. The minimum Gasteiger partial charge on any atom is -0.351 e. The minimum atomic E-state index is -3.19. The highest BCUT2D eigenvalue weighted by molar-refractivity contribution is 5.83. The number of nitrogens with zero attached hydrogens (tertiary/aromatic N) is 4. The Morgan fingerprint density at radius 3 is 2.64 bits per heavy atom. The molecule has 0 fully saturated rings. The van der Waals surface area contributed by atoms with Gasteiger partial charge in [0.15, 0.2) is 12.0 Å². The first kappa shape index (κ1) is 24.8. The Hall–Kier alpha value is -2.83. The van der Waals surface area contributed by atoms with E-state index >= 15 is 0 Å². The highest BCUT2D eigenvalue weighted by atomic mass is 19.3. The average molecular weight is 476 g/mol. The summed E-state index contributed by atoms with van der Waals surface area (Å²) < 4.78 is 69.8. The molecule has 1 aliphatic heterocycles. The number of aromatic nitrogens is 3. The number of carbonyl (C=O) groups excluding carboxylic acids is 2. The van der Waals surface area contributed by atoms with Gasteiger partial charge in [-0.05, 0) is 18.9 Å². The molecule has 0 aromatic carbocycles. The van der Waals surface area contributed by atoms with Gasteiger partial charge in [-0.3, -0.25) is 9.59 Å². The zero-order chi connectivity index (χ0) is 24.5. The van der Waals surface area contributed by atoms with Gasteiger partial charge in [-0.15, -0.1) is 10.2 Å². The van der Waals surface area contributed by atoms with Crippen LogP contribution in [0.4, 0.5) is 22.0 Å². The molecule has 0 saturated carbocycles. The van der Waals surface area contributed by atoms with Gasteiger partial charge in [-0.25, -0.2) is 13.2 Å². The summed E-state index contributed by atoms with van der Waals surface area (Å²) in [6.07, 6.45) is -2.60. The van der Waals surface area contributed by atoms with Gasteiger partial charge in [0.1, 0.15) is 11.7 Å². The molecule has 13 heteroatoms. The molecule has 2 amide bonds. The molecule has 1 aliphatic carbocycles. The summed E-state index contributed by atoms with van der Waals surface area (Å²) in [5, 5.41) is 9.80. The summed E-state index contributed by atoms with van der Waals surface area (Å²) in [4.78, 5) is 26.4. The lowest BCUT2D eigenvalue weighted by Gasteiger charge is -2.30. The molecule has 8 nitrogen and oxygen atoms in total. The third-order valence-electron chi connectivity index (χ3n) is 5.50. The molecular formula is C20H25F5N6O2. The number of hydrogen-bond donors (Lipinski definition) is 2. The normalized spacial score (nSPS) is 20.8. The van der Waals surface area contributed by atoms with E-state index in [-0.39, 0.29) is 43.9 Å². The molecule has 3 atom stereocenters. The maximum absolute atomic E-state index is 14.2. The van der Waals surface area contributed by atoms with Gasteiger partial charge in [-0.2, -0.15) is 8.78 Å². The first-order chi connectivity index (χ1) is 15.4. The number of hydrogen-bond acceptors (Lipinski definition) is 5. The largest absolute Gasteiger partial charge is 0.351 e. The molecule has 1 aromatic rings. The van der Waals surface area contributed by atoms with Crippen LogP contribution in [0.3, 0.4) is 0 Å². The minimum absolute atomic E-state index is 0.0527. The smallest absolute Gasteiger partial charge is 0.304 e. The van der Waals surface area contributed by atoms with Crippen LogP contribution in [0.15, 0.2) is 23.3 Å². The van der Waals surface area contributed by atoms with Crippen LogP contribution in [-0.4, -0.2) is 56.3 Å². The van der Waals surface area contributed by atoms with E-state index in [2.05, 4.69) is 15.5 Å². The Morgan fingerprint density at radius 2 is 2.00 bits per heavy atom. The third-order valence-corrected chi connectivity index (χ3v) is 5.50. The molecule has 0 saturated heterocycles. The Kier molecular flexibility index (Phi) is 7.20. The van der Waals surface area contributed by atoms with Gasteiger partial charge in [0.25, 0.3) is 0 Å². The van der Waals surface area contributed by atoms with E-state index in [0.29, 0.717) is 13.0 Å². The van der Waals surface area contributed by atoms with E-state index in [4.69, 9.17) is 5.73 Å². The predicted molar refractivity (Wildman–Crippen MR) is 107 cm³/mol. The highest BCUT2D eigenvalue weighted by Crippen LogP contribution is 2.32. The SMILES string of the molecule is CC(N)C(=O)NC(CC(=O)N1CCn2c(nnc2C(C)(F)F)C1)CC1=C(F)C=C(F)C(F)C1. The average Bonchev–Trinajstić information content (AvgIpc) is 3.15. The molecular weight excluding hydrogens is 451 g/mol. The van der Waals surface area contributed by atoms with Crippen molar-refractivity contribution >= 4 is 11.8 Å². The maximum Gasteiger partial charge on any atom is 0.304 e. The molecule has 3 unspecified atom stereocenters. The molecule has 33 heavy (non-hydrogen) atoms. The van der Waals surface area contributed by atoms with Crippen molar-refractivity contribution in [2.24, 2.45) is 5.73 Å². The fourth-order valence-corrected chi connectivity index (χ4v) is 3.75. The third kappa shape index (κ3) is 5.75. The molecule has 2 aliphatic rings. The van der Waals surface area contributed by atoms with E-state index in [1.54, 1.807) is 0 Å². The number of nitrogens with one attached hydrogen (secondary N) is 1. The van der Waals surface area contributed by atoms with E-state index in [0.717, 1.165) is 0 Å². The molecule has 0 bridgehead atoms. The van der Waals surface area contributed by atoms with E-state index < -0.39 is 59.9 Å². The second-order valence-electron chi connectivity index (χ2n) is 8.35. The van der Waals surface area contributed by atoms with Crippen molar-refractivity contribution in [1.29, 1.82) is 0 Å². The summed E-state index contributed by atoms with van der Waals surface area (Å²) >= 11 is 0. The maximum atomic E-state index is 14.2. The topological polar surface area (TPSA) is 106 Å². The molecule has 1 aromatic heterocycles. The van der Waals surface area contributed by atoms with Crippen LogP contribution in [0.25, 0.3) is 0 Å². The zero-order valence-corrected chi connectivity index (χ0v) is 18.1. The number of halogens is 5. The van der Waals surface area contributed by atoms with Crippen molar-refractivity contribution in [2.75, 3.05) is 6.54 Å². The Labute approximate surface area is 186 Å². The number of nitrogens with two attached hydrogens (primary N) is 1. The summed E-state index contributed by atoms with van der Waals surface area (Å²) in [6.45, 7) is 2.20. The van der Waals surface area contributed by atoms with Crippen LogP contribution in [0.5, 0.6) is 0 Å². The fraction of sp³-hybridized carbons (Fsp3) is 0.600. The quantitative estimate of drug-likeness (QED) is 0.587. The molecule has 2 heterocycles. The molecule has 0 spiro atoms. The number of carbonyl (C=O) groups is 2. The van der Waals surface area contributed by atoms with Crippen LogP contribution in [0, 0.1) is 0 Å². The number of rotatable bonds is 7. The van der Waals surface area contributed by atoms with Crippen LogP contribution in [0.2, 0.25) is 0 Å². The lowest BCUT2D eigenvalue weighted by molar-refractivity contribution is -0.133. The number of allylic oxidation sites excluding steroid dienone is 3. The molecule has 182 valence electrons. The lowest BCUT2D eigenvalue weighted by atomic mass is 9.93. The monoisotopic (exact) mass is 476 g/mol. The first-order valence-corrected chi connectivity index (χ1v) is 10.4. The van der Waals surface area contributed by atoms with Crippen molar-refractivity contribution in [1.82, 2.24) is 25.0 Å². The Balaban J connectivity index is 1.73. The Morgan fingerprint density at radius 1 is 1.30 bits per heavy atom. The van der Waals surface area contributed by atoms with Gasteiger partial charge in [0, 0.05) is 45.0 Å². The van der Waals surface area contributed by atoms with Crippen LogP contribution in [-0.2, 0) is 28.6 Å². The second-order valence-corrected chi connectivity index (χ2v) is 8.35. The van der Waals surface area contributed by atoms with E-state index in [9.17, 15) is 31.5 Å².